The first-order valence-corrected chi connectivity index (χ1v) is 17.4. The first-order chi connectivity index (χ1) is 25.3. The third-order valence-corrected chi connectivity index (χ3v) is 10.6. The molecule has 9 aromatic carbocycles. The molecule has 0 aliphatic rings. The van der Waals surface area contributed by atoms with Gasteiger partial charge in [0.1, 0.15) is 12.0 Å². The number of hydrogen-bond acceptors (Lipinski definition) is 2. The second kappa shape index (κ2) is 10.8. The highest BCUT2D eigenvalue weighted by Crippen LogP contribution is 2.46. The summed E-state index contributed by atoms with van der Waals surface area (Å²) in [5.41, 5.74) is 11.1. The largest absolute Gasteiger partial charge is 0.282 e. The molecule has 0 atom stereocenters. The molecule has 2 aromatic heterocycles. The Bertz CT molecular complexity index is 3210. The quantitative estimate of drug-likeness (QED) is 0.179. The Morgan fingerprint density at radius 1 is 0.353 bits per heavy atom. The molecule has 0 N–H and O–H groups in total. The van der Waals surface area contributed by atoms with Gasteiger partial charge in [0.2, 0.25) is 0 Å². The van der Waals surface area contributed by atoms with Crippen molar-refractivity contribution in [3.05, 3.63) is 176 Å². The SMILES string of the molecule is c1ccc2cc(-c3c4ccccc4c(-c4ccc5ccccc5c4)c4cc(-c5ccc6ncn7c8ccccc8nc7c6c5)ccc34)ccc2c1. The maximum absolute atomic E-state index is 5.03. The average Bonchev–Trinajstić information content (AvgIpc) is 3.58. The summed E-state index contributed by atoms with van der Waals surface area (Å²) >= 11 is 0. The van der Waals surface area contributed by atoms with Crippen LogP contribution in [0.3, 0.4) is 0 Å². The summed E-state index contributed by atoms with van der Waals surface area (Å²) in [4.78, 5) is 9.85. The molecule has 0 aliphatic heterocycles. The van der Waals surface area contributed by atoms with Crippen molar-refractivity contribution in [1.29, 1.82) is 0 Å². The van der Waals surface area contributed by atoms with E-state index in [9.17, 15) is 0 Å². The average molecular weight is 648 g/mol. The van der Waals surface area contributed by atoms with E-state index < -0.39 is 0 Å². The third kappa shape index (κ3) is 4.32. The highest BCUT2D eigenvalue weighted by Gasteiger charge is 2.19. The number of hydrogen-bond donors (Lipinski definition) is 0. The van der Waals surface area contributed by atoms with Crippen LogP contribution < -0.4 is 0 Å². The third-order valence-electron chi connectivity index (χ3n) is 10.6. The van der Waals surface area contributed by atoms with Gasteiger partial charge in [0, 0.05) is 5.39 Å². The zero-order valence-corrected chi connectivity index (χ0v) is 27.6. The number of fused-ring (bicyclic) bond motifs is 9. The fourth-order valence-corrected chi connectivity index (χ4v) is 8.15. The van der Waals surface area contributed by atoms with E-state index in [-0.39, 0.29) is 0 Å². The molecule has 0 aliphatic carbocycles. The van der Waals surface area contributed by atoms with Gasteiger partial charge in [0.25, 0.3) is 0 Å². The molecular formula is C48H29N3. The molecule has 3 nitrogen and oxygen atoms in total. The maximum Gasteiger partial charge on any atom is 0.148 e. The molecule has 51 heavy (non-hydrogen) atoms. The molecule has 0 radical (unpaired) electrons. The Morgan fingerprint density at radius 3 is 1.59 bits per heavy atom. The van der Waals surface area contributed by atoms with Crippen LogP contribution in [0.15, 0.2) is 176 Å². The molecule has 0 spiro atoms. The molecule has 236 valence electrons. The lowest BCUT2D eigenvalue weighted by atomic mass is 9.84. The van der Waals surface area contributed by atoms with Gasteiger partial charge in [-0.3, -0.25) is 4.40 Å². The summed E-state index contributed by atoms with van der Waals surface area (Å²) in [5.74, 6) is 0. The van der Waals surface area contributed by atoms with Gasteiger partial charge in [-0.25, -0.2) is 9.97 Å². The van der Waals surface area contributed by atoms with Crippen LogP contribution in [0, 0.1) is 0 Å². The van der Waals surface area contributed by atoms with Crippen molar-refractivity contribution in [2.75, 3.05) is 0 Å². The number of para-hydroxylation sites is 2. The monoisotopic (exact) mass is 647 g/mol. The Morgan fingerprint density at radius 2 is 0.882 bits per heavy atom. The Hall–Kier alpha value is -6.84. The van der Waals surface area contributed by atoms with Crippen LogP contribution >= 0.6 is 0 Å². The van der Waals surface area contributed by atoms with Crippen LogP contribution in [0.5, 0.6) is 0 Å². The minimum Gasteiger partial charge on any atom is -0.282 e. The van der Waals surface area contributed by atoms with E-state index in [0.29, 0.717) is 0 Å². The van der Waals surface area contributed by atoms with Gasteiger partial charge in [-0.1, -0.05) is 127 Å². The normalized spacial score (nSPS) is 11.9. The molecule has 3 heteroatoms. The number of imidazole rings is 1. The smallest absolute Gasteiger partial charge is 0.148 e. The topological polar surface area (TPSA) is 30.2 Å². The molecule has 0 fully saturated rings. The van der Waals surface area contributed by atoms with Gasteiger partial charge in [-0.15, -0.1) is 0 Å². The predicted octanol–water partition coefficient (Wildman–Crippen LogP) is 12.6. The number of nitrogens with zero attached hydrogens (tertiary/aromatic N) is 3. The van der Waals surface area contributed by atoms with Crippen molar-refractivity contribution < 1.29 is 0 Å². The van der Waals surface area contributed by atoms with E-state index in [0.717, 1.165) is 38.7 Å². The zero-order valence-electron chi connectivity index (χ0n) is 27.6. The van der Waals surface area contributed by atoms with E-state index in [1.54, 1.807) is 0 Å². The summed E-state index contributed by atoms with van der Waals surface area (Å²) in [6, 6.07) is 61.7. The summed E-state index contributed by atoms with van der Waals surface area (Å²) in [6.45, 7) is 0. The number of aromatic nitrogens is 3. The minimum atomic E-state index is 0.922. The Balaban J connectivity index is 1.22. The van der Waals surface area contributed by atoms with Crippen molar-refractivity contribution in [1.82, 2.24) is 14.4 Å². The lowest BCUT2D eigenvalue weighted by molar-refractivity contribution is 1.15. The Labute approximate surface area is 293 Å². The van der Waals surface area contributed by atoms with E-state index in [4.69, 9.17) is 9.97 Å². The van der Waals surface area contributed by atoms with Gasteiger partial charge in [0.15, 0.2) is 0 Å². The molecule has 2 heterocycles. The molecule has 0 saturated carbocycles. The Kier molecular flexibility index (Phi) is 5.96. The van der Waals surface area contributed by atoms with E-state index in [1.807, 2.05) is 12.4 Å². The summed E-state index contributed by atoms with van der Waals surface area (Å²) in [6.07, 6.45) is 1.89. The van der Waals surface area contributed by atoms with Crippen molar-refractivity contribution in [3.63, 3.8) is 0 Å². The van der Waals surface area contributed by atoms with Gasteiger partial charge in [-0.2, -0.15) is 0 Å². The van der Waals surface area contributed by atoms with E-state index in [2.05, 4.69) is 168 Å². The van der Waals surface area contributed by atoms with Crippen molar-refractivity contribution >= 4 is 70.7 Å². The van der Waals surface area contributed by atoms with E-state index in [1.165, 1.54) is 65.3 Å². The molecule has 0 unspecified atom stereocenters. The summed E-state index contributed by atoms with van der Waals surface area (Å²) < 4.78 is 2.10. The number of rotatable bonds is 3. The van der Waals surface area contributed by atoms with Crippen LogP contribution in [0.4, 0.5) is 0 Å². The second-order valence-electron chi connectivity index (χ2n) is 13.5. The number of benzene rings is 9. The molecule has 11 rings (SSSR count). The molecular weight excluding hydrogens is 619 g/mol. The fraction of sp³-hybridized carbons (Fsp3) is 0. The predicted molar refractivity (Wildman–Crippen MR) is 214 cm³/mol. The highest BCUT2D eigenvalue weighted by atomic mass is 15.0. The maximum atomic E-state index is 5.03. The minimum absolute atomic E-state index is 0.922. The van der Waals surface area contributed by atoms with Crippen molar-refractivity contribution in [3.8, 4) is 33.4 Å². The summed E-state index contributed by atoms with van der Waals surface area (Å²) in [7, 11) is 0. The molecule has 0 saturated heterocycles. The lowest BCUT2D eigenvalue weighted by Gasteiger charge is -2.19. The summed E-state index contributed by atoms with van der Waals surface area (Å²) in [5, 5.41) is 11.0. The molecule has 11 aromatic rings. The van der Waals surface area contributed by atoms with E-state index >= 15 is 0 Å². The first-order valence-electron chi connectivity index (χ1n) is 17.4. The van der Waals surface area contributed by atoms with Gasteiger partial charge in [0.05, 0.1) is 16.6 Å². The zero-order chi connectivity index (χ0) is 33.5. The van der Waals surface area contributed by atoms with Crippen LogP contribution in [0.25, 0.3) is 104 Å². The lowest BCUT2D eigenvalue weighted by Crippen LogP contribution is -1.93. The second-order valence-corrected chi connectivity index (χ2v) is 13.5. The molecule has 0 amide bonds. The van der Waals surface area contributed by atoms with Crippen molar-refractivity contribution in [2.45, 2.75) is 0 Å². The standard InChI is InChI=1S/C48H29N3/c1-3-11-32-25-36(19-17-30(32)9-1)46-38-13-5-6-14-39(38)47(37-20-18-31-10-2-4-12-33(31)26-37)41-27-34(21-23-40(41)46)35-22-24-43-42(28-35)48-50-44-15-7-8-16-45(44)51(48)29-49-43/h1-29H. The first kappa shape index (κ1) is 28.0. The highest BCUT2D eigenvalue weighted by molar-refractivity contribution is 6.22. The van der Waals surface area contributed by atoms with Crippen LogP contribution in [0.1, 0.15) is 0 Å². The fourth-order valence-electron chi connectivity index (χ4n) is 8.15. The van der Waals surface area contributed by atoms with Gasteiger partial charge < -0.3 is 0 Å². The van der Waals surface area contributed by atoms with Crippen molar-refractivity contribution in [2.24, 2.45) is 0 Å². The van der Waals surface area contributed by atoms with Crippen LogP contribution in [0.2, 0.25) is 0 Å². The van der Waals surface area contributed by atoms with Gasteiger partial charge >= 0.3 is 0 Å². The van der Waals surface area contributed by atoms with Crippen LogP contribution in [-0.2, 0) is 0 Å². The molecule has 0 bridgehead atoms. The van der Waals surface area contributed by atoms with Gasteiger partial charge in [-0.05, 0) is 119 Å². The van der Waals surface area contributed by atoms with Crippen LogP contribution in [-0.4, -0.2) is 14.4 Å².